The summed E-state index contributed by atoms with van der Waals surface area (Å²) in [6.07, 6.45) is 2.27. The van der Waals surface area contributed by atoms with Crippen LogP contribution in [-0.2, 0) is 23.8 Å². The molecule has 2 saturated carbocycles. The lowest BCUT2D eigenvalue weighted by Crippen LogP contribution is -2.39. The van der Waals surface area contributed by atoms with E-state index in [4.69, 9.17) is 14.2 Å². The van der Waals surface area contributed by atoms with Crippen LogP contribution in [0.25, 0.3) is 0 Å². The molecule has 0 aromatic heterocycles. The van der Waals surface area contributed by atoms with Crippen LogP contribution < -0.4 is 0 Å². The fourth-order valence-electron chi connectivity index (χ4n) is 4.24. The van der Waals surface area contributed by atoms with Crippen molar-refractivity contribution in [2.24, 2.45) is 29.6 Å². The first-order valence-corrected chi connectivity index (χ1v) is 6.66. The Labute approximate surface area is 111 Å². The van der Waals surface area contributed by atoms with Crippen molar-refractivity contribution >= 4 is 11.9 Å². The molecule has 2 aliphatic carbocycles. The zero-order chi connectivity index (χ0) is 13.6. The highest BCUT2D eigenvalue weighted by molar-refractivity contribution is 5.81. The SMILES string of the molecule is C=CC(=O)OCC1C2CC3C(COC31)C2C(=O)OC. The summed E-state index contributed by atoms with van der Waals surface area (Å²) >= 11 is 0. The van der Waals surface area contributed by atoms with Crippen LogP contribution in [0.4, 0.5) is 0 Å². The minimum atomic E-state index is -0.424. The summed E-state index contributed by atoms with van der Waals surface area (Å²) in [5.74, 6) is 0.356. The Kier molecular flexibility index (Phi) is 3.09. The molecule has 0 radical (unpaired) electrons. The Hall–Kier alpha value is -1.36. The summed E-state index contributed by atoms with van der Waals surface area (Å²) in [7, 11) is 1.42. The van der Waals surface area contributed by atoms with E-state index in [1.54, 1.807) is 0 Å². The Morgan fingerprint density at radius 2 is 2.16 bits per heavy atom. The van der Waals surface area contributed by atoms with Crippen LogP contribution in [-0.4, -0.2) is 38.4 Å². The predicted molar refractivity (Wildman–Crippen MR) is 65.0 cm³/mol. The maximum Gasteiger partial charge on any atom is 0.330 e. The van der Waals surface area contributed by atoms with E-state index in [9.17, 15) is 9.59 Å². The number of rotatable bonds is 4. The highest BCUT2D eigenvalue weighted by Gasteiger charge is 2.64. The van der Waals surface area contributed by atoms with Gasteiger partial charge in [0.05, 0.1) is 32.3 Å². The van der Waals surface area contributed by atoms with E-state index in [0.717, 1.165) is 12.5 Å². The second kappa shape index (κ2) is 4.63. The van der Waals surface area contributed by atoms with Crippen LogP contribution in [0, 0.1) is 29.6 Å². The Morgan fingerprint density at radius 3 is 2.84 bits per heavy atom. The molecule has 5 heteroatoms. The molecule has 2 bridgehead atoms. The van der Waals surface area contributed by atoms with Gasteiger partial charge in [0.15, 0.2) is 0 Å². The minimum absolute atomic E-state index is 0.0961. The van der Waals surface area contributed by atoms with Gasteiger partial charge in [0.1, 0.15) is 0 Å². The van der Waals surface area contributed by atoms with E-state index in [-0.39, 0.29) is 35.7 Å². The summed E-state index contributed by atoms with van der Waals surface area (Å²) < 4.78 is 15.9. The number of esters is 2. The molecule has 3 rings (SSSR count). The van der Waals surface area contributed by atoms with Gasteiger partial charge in [0.25, 0.3) is 0 Å². The average molecular weight is 266 g/mol. The van der Waals surface area contributed by atoms with E-state index in [0.29, 0.717) is 19.1 Å². The number of ether oxygens (including phenoxy) is 3. The highest BCUT2D eigenvalue weighted by atomic mass is 16.5. The van der Waals surface area contributed by atoms with Crippen molar-refractivity contribution in [1.82, 2.24) is 0 Å². The van der Waals surface area contributed by atoms with E-state index in [1.165, 1.54) is 7.11 Å². The predicted octanol–water partition coefficient (Wildman–Crippen LogP) is 0.786. The molecule has 1 aliphatic heterocycles. The molecule has 0 aromatic rings. The van der Waals surface area contributed by atoms with E-state index in [1.807, 2.05) is 0 Å². The molecule has 1 heterocycles. The number of methoxy groups -OCH3 is 1. The minimum Gasteiger partial charge on any atom is -0.469 e. The maximum absolute atomic E-state index is 11.9. The van der Waals surface area contributed by atoms with Crippen molar-refractivity contribution in [2.45, 2.75) is 12.5 Å². The van der Waals surface area contributed by atoms with Gasteiger partial charge in [-0.15, -0.1) is 0 Å². The summed E-state index contributed by atoms with van der Waals surface area (Å²) in [6.45, 7) is 4.30. The van der Waals surface area contributed by atoms with Gasteiger partial charge >= 0.3 is 11.9 Å². The second-order valence-corrected chi connectivity index (χ2v) is 5.57. The zero-order valence-corrected chi connectivity index (χ0v) is 10.9. The second-order valence-electron chi connectivity index (χ2n) is 5.57. The van der Waals surface area contributed by atoms with Gasteiger partial charge in [-0.25, -0.2) is 4.79 Å². The number of carbonyl (C=O) groups excluding carboxylic acids is 2. The van der Waals surface area contributed by atoms with Crippen molar-refractivity contribution in [2.75, 3.05) is 20.3 Å². The molecule has 0 N–H and O–H groups in total. The van der Waals surface area contributed by atoms with Crippen LogP contribution in [0.1, 0.15) is 6.42 Å². The van der Waals surface area contributed by atoms with Crippen molar-refractivity contribution in [3.05, 3.63) is 12.7 Å². The number of carbonyl (C=O) groups is 2. The smallest absolute Gasteiger partial charge is 0.330 e. The summed E-state index contributed by atoms with van der Waals surface area (Å²) in [4.78, 5) is 23.1. The fraction of sp³-hybridized carbons (Fsp3) is 0.714. The Balaban J connectivity index is 1.74. The van der Waals surface area contributed by atoms with Gasteiger partial charge in [0, 0.05) is 17.9 Å². The zero-order valence-electron chi connectivity index (χ0n) is 10.9. The quantitative estimate of drug-likeness (QED) is 0.556. The van der Waals surface area contributed by atoms with Crippen molar-refractivity contribution in [1.29, 1.82) is 0 Å². The molecule has 19 heavy (non-hydrogen) atoms. The summed E-state index contributed by atoms with van der Waals surface area (Å²) in [6, 6.07) is 0. The van der Waals surface area contributed by atoms with E-state index >= 15 is 0 Å². The maximum atomic E-state index is 11.9. The molecule has 0 amide bonds. The van der Waals surface area contributed by atoms with Crippen LogP contribution in [0.15, 0.2) is 12.7 Å². The molecule has 3 fully saturated rings. The molecule has 104 valence electrons. The highest BCUT2D eigenvalue weighted by Crippen LogP contribution is 2.60. The molecular formula is C14H18O5. The van der Waals surface area contributed by atoms with Crippen LogP contribution >= 0.6 is 0 Å². The number of hydrogen-bond donors (Lipinski definition) is 0. The summed E-state index contributed by atoms with van der Waals surface area (Å²) in [5.41, 5.74) is 0. The van der Waals surface area contributed by atoms with E-state index < -0.39 is 5.97 Å². The molecule has 6 atom stereocenters. The third-order valence-corrected chi connectivity index (χ3v) is 4.95. The van der Waals surface area contributed by atoms with Gasteiger partial charge in [-0.2, -0.15) is 0 Å². The van der Waals surface area contributed by atoms with Gasteiger partial charge in [-0.05, 0) is 18.3 Å². The lowest BCUT2D eigenvalue weighted by atomic mass is 9.74. The monoisotopic (exact) mass is 266 g/mol. The molecule has 6 unspecified atom stereocenters. The molecule has 5 nitrogen and oxygen atoms in total. The molecular weight excluding hydrogens is 248 g/mol. The lowest BCUT2D eigenvalue weighted by molar-refractivity contribution is -0.150. The topological polar surface area (TPSA) is 61.8 Å². The molecule has 1 saturated heterocycles. The van der Waals surface area contributed by atoms with Gasteiger partial charge in [-0.3, -0.25) is 4.79 Å². The fourth-order valence-corrected chi connectivity index (χ4v) is 4.24. The normalized spacial score (nSPS) is 42.2. The van der Waals surface area contributed by atoms with Crippen LogP contribution in [0.5, 0.6) is 0 Å². The molecule has 0 aromatic carbocycles. The Morgan fingerprint density at radius 1 is 1.37 bits per heavy atom. The third kappa shape index (κ3) is 1.79. The van der Waals surface area contributed by atoms with Crippen LogP contribution in [0.3, 0.4) is 0 Å². The average Bonchev–Trinajstić information content (AvgIpc) is 3.03. The van der Waals surface area contributed by atoms with E-state index in [2.05, 4.69) is 6.58 Å². The van der Waals surface area contributed by atoms with Crippen molar-refractivity contribution < 1.29 is 23.8 Å². The van der Waals surface area contributed by atoms with Gasteiger partial charge in [-0.1, -0.05) is 6.58 Å². The first-order chi connectivity index (χ1) is 9.17. The van der Waals surface area contributed by atoms with Gasteiger partial charge in [0.2, 0.25) is 0 Å². The van der Waals surface area contributed by atoms with Crippen LogP contribution in [0.2, 0.25) is 0 Å². The van der Waals surface area contributed by atoms with Crippen molar-refractivity contribution in [3.63, 3.8) is 0 Å². The standard InChI is InChI=1S/C14H18O5/c1-3-11(15)18-6-10-7-4-8-9(5-19-13(8)10)12(7)14(16)17-2/h3,7-10,12-13H,1,4-6H2,2H3. The first kappa shape index (κ1) is 12.7. The van der Waals surface area contributed by atoms with Crippen molar-refractivity contribution in [3.8, 4) is 0 Å². The first-order valence-electron chi connectivity index (χ1n) is 6.66. The third-order valence-electron chi connectivity index (χ3n) is 4.95. The lowest BCUT2D eigenvalue weighted by Gasteiger charge is -2.31. The van der Waals surface area contributed by atoms with Gasteiger partial charge < -0.3 is 14.2 Å². The number of fused-ring (bicyclic) bond motifs is 1. The molecule has 3 aliphatic rings. The molecule has 0 spiro atoms. The Bertz CT molecular complexity index is 418. The summed E-state index contributed by atoms with van der Waals surface area (Å²) in [5, 5.41) is 0. The largest absolute Gasteiger partial charge is 0.469 e. The number of hydrogen-bond acceptors (Lipinski definition) is 5.